The summed E-state index contributed by atoms with van der Waals surface area (Å²) in [5, 5.41) is 0.810. The number of halogens is 1. The third kappa shape index (κ3) is 6.06. The Morgan fingerprint density at radius 3 is 2.10 bits per heavy atom. The molecule has 0 spiro atoms. The number of benzene rings is 2. The molecule has 0 atom stereocenters. The van der Waals surface area contributed by atoms with Gasteiger partial charge in [0, 0.05) is 6.54 Å². The highest BCUT2D eigenvalue weighted by Crippen LogP contribution is 2.33. The van der Waals surface area contributed by atoms with Crippen molar-refractivity contribution in [1.82, 2.24) is 9.88 Å². The highest BCUT2D eigenvalue weighted by atomic mass is 35.5. The number of carbonyl (C=O) groups is 1. The van der Waals surface area contributed by atoms with E-state index in [4.69, 9.17) is 4.98 Å². The first kappa shape index (κ1) is 25.3. The SMILES string of the molecule is Cc1cc(C)c(CC(=O)N(CCCN(C)C)c2nc3cc(C)cc(C)c3s2)c(C)c1.Cl. The Balaban J connectivity index is 0.00000341. The van der Waals surface area contributed by atoms with Gasteiger partial charge in [0.25, 0.3) is 0 Å². The summed E-state index contributed by atoms with van der Waals surface area (Å²) in [7, 11) is 4.13. The van der Waals surface area contributed by atoms with Crippen molar-refractivity contribution in [2.24, 2.45) is 0 Å². The summed E-state index contributed by atoms with van der Waals surface area (Å²) in [6, 6.07) is 8.62. The van der Waals surface area contributed by atoms with Crippen LogP contribution in [0, 0.1) is 34.6 Å². The molecule has 6 heteroatoms. The van der Waals surface area contributed by atoms with Crippen LogP contribution in [0.5, 0.6) is 0 Å². The van der Waals surface area contributed by atoms with E-state index < -0.39 is 0 Å². The number of rotatable bonds is 7. The van der Waals surface area contributed by atoms with Gasteiger partial charge in [-0.25, -0.2) is 4.98 Å². The average Bonchev–Trinajstić information content (AvgIpc) is 3.05. The number of aryl methyl sites for hydroxylation is 5. The van der Waals surface area contributed by atoms with Crippen LogP contribution in [0.1, 0.15) is 39.8 Å². The zero-order chi connectivity index (χ0) is 22.0. The molecule has 0 saturated carbocycles. The van der Waals surface area contributed by atoms with E-state index in [2.05, 4.69) is 77.9 Å². The molecular formula is C25H34ClN3OS. The summed E-state index contributed by atoms with van der Waals surface area (Å²) >= 11 is 1.63. The monoisotopic (exact) mass is 459 g/mol. The van der Waals surface area contributed by atoms with Gasteiger partial charge in [-0.15, -0.1) is 12.4 Å². The van der Waals surface area contributed by atoms with Crippen LogP contribution >= 0.6 is 23.7 Å². The van der Waals surface area contributed by atoms with E-state index in [-0.39, 0.29) is 18.3 Å². The van der Waals surface area contributed by atoms with Crippen LogP contribution in [0.3, 0.4) is 0 Å². The minimum absolute atomic E-state index is 0. The molecule has 4 nitrogen and oxygen atoms in total. The zero-order valence-corrected chi connectivity index (χ0v) is 21.3. The van der Waals surface area contributed by atoms with Crippen molar-refractivity contribution in [3.8, 4) is 0 Å². The number of aromatic nitrogens is 1. The average molecular weight is 460 g/mol. The molecular weight excluding hydrogens is 426 g/mol. The van der Waals surface area contributed by atoms with E-state index in [1.165, 1.54) is 32.5 Å². The van der Waals surface area contributed by atoms with Crippen LogP contribution in [0.4, 0.5) is 5.13 Å². The van der Waals surface area contributed by atoms with Gasteiger partial charge >= 0.3 is 0 Å². The molecule has 1 heterocycles. The zero-order valence-electron chi connectivity index (χ0n) is 19.7. The molecule has 3 aromatic rings. The van der Waals surface area contributed by atoms with Crippen molar-refractivity contribution in [1.29, 1.82) is 0 Å². The molecule has 0 radical (unpaired) electrons. The first-order valence-corrected chi connectivity index (χ1v) is 11.4. The summed E-state index contributed by atoms with van der Waals surface area (Å²) in [4.78, 5) is 22.4. The van der Waals surface area contributed by atoms with Crippen molar-refractivity contribution < 1.29 is 4.79 Å². The molecule has 3 rings (SSSR count). The van der Waals surface area contributed by atoms with Crippen molar-refractivity contribution in [3.63, 3.8) is 0 Å². The van der Waals surface area contributed by atoms with Gasteiger partial charge in [0.2, 0.25) is 5.91 Å². The maximum Gasteiger partial charge on any atom is 0.233 e. The van der Waals surface area contributed by atoms with E-state index in [1.54, 1.807) is 11.3 Å². The van der Waals surface area contributed by atoms with E-state index in [1.807, 2.05) is 4.90 Å². The van der Waals surface area contributed by atoms with Crippen LogP contribution in [0.25, 0.3) is 10.2 Å². The number of fused-ring (bicyclic) bond motifs is 1. The summed E-state index contributed by atoms with van der Waals surface area (Å²) in [5.74, 6) is 0.122. The van der Waals surface area contributed by atoms with Gasteiger partial charge in [-0.2, -0.15) is 0 Å². The summed E-state index contributed by atoms with van der Waals surface area (Å²) < 4.78 is 1.17. The fraction of sp³-hybridized carbons (Fsp3) is 0.440. The number of amides is 1. The normalized spacial score (nSPS) is 11.1. The number of nitrogens with zero attached hydrogens (tertiary/aromatic N) is 3. The lowest BCUT2D eigenvalue weighted by Gasteiger charge is -2.22. The Hall–Kier alpha value is -1.95. The largest absolute Gasteiger partial charge is 0.309 e. The van der Waals surface area contributed by atoms with Crippen molar-refractivity contribution >= 4 is 45.0 Å². The molecule has 31 heavy (non-hydrogen) atoms. The lowest BCUT2D eigenvalue weighted by atomic mass is 9.97. The molecule has 0 bridgehead atoms. The summed E-state index contributed by atoms with van der Waals surface area (Å²) in [6.07, 6.45) is 1.33. The Morgan fingerprint density at radius 2 is 1.48 bits per heavy atom. The van der Waals surface area contributed by atoms with Gasteiger partial charge < -0.3 is 4.90 Å². The highest BCUT2D eigenvalue weighted by molar-refractivity contribution is 7.22. The van der Waals surface area contributed by atoms with E-state index in [0.717, 1.165) is 29.2 Å². The molecule has 0 fully saturated rings. The number of hydrogen-bond donors (Lipinski definition) is 0. The minimum Gasteiger partial charge on any atom is -0.309 e. The smallest absolute Gasteiger partial charge is 0.233 e. The van der Waals surface area contributed by atoms with Gasteiger partial charge in [0.05, 0.1) is 16.6 Å². The third-order valence-corrected chi connectivity index (χ3v) is 6.73. The molecule has 1 amide bonds. The number of hydrogen-bond acceptors (Lipinski definition) is 4. The molecule has 1 aromatic heterocycles. The maximum atomic E-state index is 13.5. The molecule has 0 aliphatic rings. The van der Waals surface area contributed by atoms with Crippen molar-refractivity contribution in [2.75, 3.05) is 32.1 Å². The fourth-order valence-electron chi connectivity index (χ4n) is 4.09. The van der Waals surface area contributed by atoms with Crippen molar-refractivity contribution in [2.45, 2.75) is 47.5 Å². The van der Waals surface area contributed by atoms with Crippen LogP contribution in [0.2, 0.25) is 0 Å². The fourth-order valence-corrected chi connectivity index (χ4v) is 5.15. The lowest BCUT2D eigenvalue weighted by molar-refractivity contribution is -0.118. The molecule has 0 saturated heterocycles. The molecule has 168 valence electrons. The standard InChI is InChI=1S/C25H33N3OS.ClH/c1-16-11-18(3)21(19(4)12-16)15-23(29)28(10-8-9-27(6)7)25-26-22-14-17(2)13-20(5)24(22)30-25;/h11-14H,8-10,15H2,1-7H3;1H. The maximum absolute atomic E-state index is 13.5. The minimum atomic E-state index is 0. The van der Waals surface area contributed by atoms with Crippen LogP contribution < -0.4 is 4.90 Å². The predicted molar refractivity (Wildman–Crippen MR) is 136 cm³/mol. The Bertz CT molecular complexity index is 1050. The first-order chi connectivity index (χ1) is 14.2. The van der Waals surface area contributed by atoms with Gasteiger partial charge in [-0.1, -0.05) is 35.1 Å². The van der Waals surface area contributed by atoms with E-state index >= 15 is 0 Å². The van der Waals surface area contributed by atoms with E-state index in [9.17, 15) is 4.79 Å². The second kappa shape index (κ2) is 10.6. The second-order valence-corrected chi connectivity index (χ2v) is 9.66. The number of carbonyl (C=O) groups excluding carboxylic acids is 1. The molecule has 0 N–H and O–H groups in total. The third-order valence-electron chi connectivity index (χ3n) is 5.50. The Morgan fingerprint density at radius 1 is 0.903 bits per heavy atom. The second-order valence-electron chi connectivity index (χ2n) is 8.68. The molecule has 0 unspecified atom stereocenters. The van der Waals surface area contributed by atoms with Crippen LogP contribution in [0.15, 0.2) is 24.3 Å². The van der Waals surface area contributed by atoms with Gasteiger partial charge in [-0.3, -0.25) is 9.69 Å². The van der Waals surface area contributed by atoms with Gasteiger partial charge in [0.15, 0.2) is 5.13 Å². The Kier molecular flexibility index (Phi) is 8.64. The summed E-state index contributed by atoms with van der Waals surface area (Å²) in [5.41, 5.74) is 8.15. The quantitative estimate of drug-likeness (QED) is 0.448. The molecule has 2 aromatic carbocycles. The Labute approximate surface area is 196 Å². The predicted octanol–water partition coefficient (Wildman–Crippen LogP) is 5.79. The first-order valence-electron chi connectivity index (χ1n) is 10.6. The van der Waals surface area contributed by atoms with E-state index in [0.29, 0.717) is 13.0 Å². The highest BCUT2D eigenvalue weighted by Gasteiger charge is 2.22. The van der Waals surface area contributed by atoms with Gasteiger partial charge in [-0.05, 0) is 95.6 Å². The topological polar surface area (TPSA) is 36.4 Å². The number of thiazole rings is 1. The lowest BCUT2D eigenvalue weighted by Crippen LogP contribution is -2.34. The molecule has 0 aliphatic heterocycles. The van der Waals surface area contributed by atoms with Crippen molar-refractivity contribution in [3.05, 3.63) is 57.6 Å². The summed E-state index contributed by atoms with van der Waals surface area (Å²) in [6.45, 7) is 12.1. The molecule has 0 aliphatic carbocycles. The van der Waals surface area contributed by atoms with Crippen LogP contribution in [-0.4, -0.2) is 43.0 Å². The number of anilines is 1. The van der Waals surface area contributed by atoms with Gasteiger partial charge in [0.1, 0.15) is 0 Å². The van der Waals surface area contributed by atoms with Crippen LogP contribution in [-0.2, 0) is 11.2 Å².